The summed E-state index contributed by atoms with van der Waals surface area (Å²) in [7, 11) is 0. The highest BCUT2D eigenvalue weighted by molar-refractivity contribution is 5.83. The maximum atomic E-state index is 10.4. The van der Waals surface area contributed by atoms with Gasteiger partial charge in [0.05, 0.1) is 18.0 Å². The van der Waals surface area contributed by atoms with Crippen LogP contribution in [0.4, 0.5) is 11.4 Å². The van der Waals surface area contributed by atoms with Gasteiger partial charge in [-0.2, -0.15) is 0 Å². The second-order valence-corrected chi connectivity index (χ2v) is 2.45. The van der Waals surface area contributed by atoms with Crippen molar-refractivity contribution in [2.24, 2.45) is 0 Å². The molecule has 3 heteroatoms. The SMILES string of the molecule is O=Cc1ccc2c(c1)NCN2. The van der Waals surface area contributed by atoms with Gasteiger partial charge in [-0.15, -0.1) is 0 Å². The first-order valence-electron chi connectivity index (χ1n) is 3.47. The quantitative estimate of drug-likeness (QED) is 0.590. The number of hydrogen-bond donors (Lipinski definition) is 2. The number of fused-ring (bicyclic) bond motifs is 1. The van der Waals surface area contributed by atoms with Crippen LogP contribution in [-0.2, 0) is 0 Å². The molecule has 2 N–H and O–H groups in total. The van der Waals surface area contributed by atoms with Gasteiger partial charge in [-0.3, -0.25) is 4.79 Å². The molecule has 1 aliphatic heterocycles. The highest BCUT2D eigenvalue weighted by Crippen LogP contribution is 2.25. The summed E-state index contributed by atoms with van der Waals surface area (Å²) in [6.07, 6.45) is 0.847. The van der Waals surface area contributed by atoms with E-state index < -0.39 is 0 Å². The van der Waals surface area contributed by atoms with Crippen molar-refractivity contribution in [2.45, 2.75) is 0 Å². The van der Waals surface area contributed by atoms with Gasteiger partial charge in [-0.1, -0.05) is 0 Å². The van der Waals surface area contributed by atoms with E-state index in [0.717, 1.165) is 24.3 Å². The molecule has 0 unspecified atom stereocenters. The minimum Gasteiger partial charge on any atom is -0.366 e. The molecule has 0 spiro atoms. The predicted octanol–water partition coefficient (Wildman–Crippen LogP) is 1.29. The Bertz CT molecular complexity index is 296. The number of nitrogens with one attached hydrogen (secondary N) is 2. The molecule has 0 saturated heterocycles. The van der Waals surface area contributed by atoms with Crippen LogP contribution in [0.25, 0.3) is 0 Å². The Morgan fingerprint density at radius 3 is 2.91 bits per heavy atom. The summed E-state index contributed by atoms with van der Waals surface area (Å²) < 4.78 is 0. The van der Waals surface area contributed by atoms with Gasteiger partial charge in [0.1, 0.15) is 6.29 Å². The lowest BCUT2D eigenvalue weighted by atomic mass is 10.2. The van der Waals surface area contributed by atoms with Crippen molar-refractivity contribution < 1.29 is 4.79 Å². The second kappa shape index (κ2) is 2.27. The van der Waals surface area contributed by atoms with Gasteiger partial charge in [-0.25, -0.2) is 0 Å². The molecule has 1 aliphatic rings. The summed E-state index contributed by atoms with van der Waals surface area (Å²) in [5.74, 6) is 0. The summed E-state index contributed by atoms with van der Waals surface area (Å²) in [6, 6.07) is 5.53. The van der Waals surface area contributed by atoms with Crippen molar-refractivity contribution >= 4 is 17.7 Å². The molecule has 0 aromatic heterocycles. The van der Waals surface area contributed by atoms with Gasteiger partial charge in [0.25, 0.3) is 0 Å². The van der Waals surface area contributed by atoms with E-state index >= 15 is 0 Å². The van der Waals surface area contributed by atoms with E-state index in [-0.39, 0.29) is 0 Å². The molecule has 0 fully saturated rings. The molecule has 3 nitrogen and oxygen atoms in total. The topological polar surface area (TPSA) is 41.1 Å². The normalized spacial score (nSPS) is 13.1. The molecule has 0 amide bonds. The fourth-order valence-corrected chi connectivity index (χ4v) is 1.17. The first-order valence-corrected chi connectivity index (χ1v) is 3.47. The van der Waals surface area contributed by atoms with E-state index in [1.807, 2.05) is 12.1 Å². The maximum absolute atomic E-state index is 10.4. The smallest absolute Gasteiger partial charge is 0.150 e. The number of carbonyl (C=O) groups excluding carboxylic acids is 1. The lowest BCUT2D eigenvalue weighted by molar-refractivity contribution is 0.112. The third-order valence-corrected chi connectivity index (χ3v) is 1.74. The van der Waals surface area contributed by atoms with E-state index in [1.54, 1.807) is 6.07 Å². The number of rotatable bonds is 1. The van der Waals surface area contributed by atoms with Gasteiger partial charge in [0.15, 0.2) is 0 Å². The van der Waals surface area contributed by atoms with Crippen LogP contribution in [0.1, 0.15) is 10.4 Å². The Labute approximate surface area is 64.4 Å². The van der Waals surface area contributed by atoms with E-state index in [0.29, 0.717) is 5.56 Å². The Hall–Kier alpha value is -1.51. The second-order valence-electron chi connectivity index (χ2n) is 2.45. The van der Waals surface area contributed by atoms with Crippen molar-refractivity contribution in [1.29, 1.82) is 0 Å². The summed E-state index contributed by atoms with van der Waals surface area (Å²) in [5.41, 5.74) is 2.78. The summed E-state index contributed by atoms with van der Waals surface area (Å²) in [5, 5.41) is 6.23. The van der Waals surface area contributed by atoms with Crippen LogP contribution in [0.15, 0.2) is 18.2 Å². The summed E-state index contributed by atoms with van der Waals surface area (Å²) in [6.45, 7) is 0.748. The zero-order valence-electron chi connectivity index (χ0n) is 5.92. The Morgan fingerprint density at radius 1 is 1.27 bits per heavy atom. The van der Waals surface area contributed by atoms with Gasteiger partial charge in [0.2, 0.25) is 0 Å². The Kier molecular flexibility index (Phi) is 1.28. The van der Waals surface area contributed by atoms with Crippen molar-refractivity contribution in [3.63, 3.8) is 0 Å². The average molecular weight is 148 g/mol. The van der Waals surface area contributed by atoms with Crippen molar-refractivity contribution in [3.8, 4) is 0 Å². The molecule has 0 aliphatic carbocycles. The Balaban J connectivity index is 2.48. The van der Waals surface area contributed by atoms with Crippen LogP contribution in [0.3, 0.4) is 0 Å². The number of carbonyl (C=O) groups is 1. The molecule has 1 aromatic carbocycles. The molecule has 56 valence electrons. The van der Waals surface area contributed by atoms with Crippen molar-refractivity contribution in [1.82, 2.24) is 0 Å². The van der Waals surface area contributed by atoms with Crippen LogP contribution in [-0.4, -0.2) is 13.0 Å². The molecular formula is C8H8N2O. The van der Waals surface area contributed by atoms with E-state index in [2.05, 4.69) is 10.6 Å². The molecule has 11 heavy (non-hydrogen) atoms. The van der Waals surface area contributed by atoms with Crippen LogP contribution < -0.4 is 10.6 Å². The first-order chi connectivity index (χ1) is 5.40. The minimum atomic E-state index is 0.708. The zero-order chi connectivity index (χ0) is 7.68. The maximum Gasteiger partial charge on any atom is 0.150 e. The predicted molar refractivity (Wildman–Crippen MR) is 43.9 cm³/mol. The van der Waals surface area contributed by atoms with Crippen molar-refractivity contribution in [2.75, 3.05) is 17.3 Å². The third-order valence-electron chi connectivity index (χ3n) is 1.74. The first kappa shape index (κ1) is 6.22. The fraction of sp³-hybridized carbons (Fsp3) is 0.125. The molecule has 0 radical (unpaired) electrons. The van der Waals surface area contributed by atoms with Gasteiger partial charge in [0, 0.05) is 5.56 Å². The largest absolute Gasteiger partial charge is 0.366 e. The highest BCUT2D eigenvalue weighted by Gasteiger charge is 2.07. The number of anilines is 2. The Morgan fingerprint density at radius 2 is 2.09 bits per heavy atom. The molecule has 0 atom stereocenters. The minimum absolute atomic E-state index is 0.708. The number of benzene rings is 1. The molecule has 2 rings (SSSR count). The number of hydrogen-bond acceptors (Lipinski definition) is 3. The van der Waals surface area contributed by atoms with E-state index in [4.69, 9.17) is 0 Å². The van der Waals surface area contributed by atoms with Crippen molar-refractivity contribution in [3.05, 3.63) is 23.8 Å². The summed E-state index contributed by atoms with van der Waals surface area (Å²) in [4.78, 5) is 10.4. The molecule has 0 bridgehead atoms. The van der Waals surface area contributed by atoms with E-state index in [1.165, 1.54) is 0 Å². The van der Waals surface area contributed by atoms with Crippen LogP contribution in [0.5, 0.6) is 0 Å². The standard InChI is InChI=1S/C8H8N2O/c11-4-6-1-2-7-8(3-6)10-5-9-7/h1-4,9-10H,5H2. The lowest BCUT2D eigenvalue weighted by Crippen LogP contribution is -1.98. The average Bonchev–Trinajstić information content (AvgIpc) is 2.50. The monoisotopic (exact) mass is 148 g/mol. The van der Waals surface area contributed by atoms with Gasteiger partial charge in [-0.05, 0) is 18.2 Å². The van der Waals surface area contributed by atoms with E-state index in [9.17, 15) is 4.79 Å². The highest BCUT2D eigenvalue weighted by atomic mass is 16.1. The van der Waals surface area contributed by atoms with Crippen LogP contribution in [0.2, 0.25) is 0 Å². The number of aldehydes is 1. The third kappa shape index (κ3) is 0.941. The van der Waals surface area contributed by atoms with Crippen LogP contribution in [0, 0.1) is 0 Å². The van der Waals surface area contributed by atoms with Gasteiger partial charge >= 0.3 is 0 Å². The molecular weight excluding hydrogens is 140 g/mol. The molecule has 1 aromatic rings. The zero-order valence-corrected chi connectivity index (χ0v) is 5.92. The fourth-order valence-electron chi connectivity index (χ4n) is 1.17. The lowest BCUT2D eigenvalue weighted by Gasteiger charge is -1.97. The van der Waals surface area contributed by atoms with Gasteiger partial charge < -0.3 is 10.6 Å². The van der Waals surface area contributed by atoms with Crippen LogP contribution >= 0.6 is 0 Å². The summed E-state index contributed by atoms with van der Waals surface area (Å²) >= 11 is 0. The molecule has 1 heterocycles. The molecule has 0 saturated carbocycles.